The minimum absolute atomic E-state index is 0.256. The van der Waals surface area contributed by atoms with Gasteiger partial charge < -0.3 is 18.9 Å². The van der Waals surface area contributed by atoms with Gasteiger partial charge in [-0.1, -0.05) is 25.7 Å². The van der Waals surface area contributed by atoms with Crippen molar-refractivity contribution in [1.82, 2.24) is 14.5 Å². The van der Waals surface area contributed by atoms with Gasteiger partial charge in [0.25, 0.3) is 0 Å². The Labute approximate surface area is 174 Å². The van der Waals surface area contributed by atoms with Crippen molar-refractivity contribution in [2.75, 3.05) is 31.7 Å². The molecule has 3 heterocycles. The molecule has 0 fully saturated rings. The fraction of sp³-hybridized carbons (Fsp3) is 0.526. The second-order valence-electron chi connectivity index (χ2n) is 8.11. The molecule has 2 aromatic rings. The highest BCUT2D eigenvalue weighted by molar-refractivity contribution is 9.10. The van der Waals surface area contributed by atoms with Crippen molar-refractivity contribution in [3.8, 4) is 0 Å². The predicted octanol–water partition coefficient (Wildman–Crippen LogP) is 3.82. The number of esters is 1. The van der Waals surface area contributed by atoms with Gasteiger partial charge in [0.05, 0.1) is 23.4 Å². The maximum absolute atomic E-state index is 11.7. The molecule has 0 saturated carbocycles. The zero-order valence-electron chi connectivity index (χ0n) is 16.9. The molecule has 0 N–H and O–H groups in total. The molecule has 0 bridgehead atoms. The minimum atomic E-state index is -1.11. The fourth-order valence-corrected chi connectivity index (χ4v) is 4.36. The van der Waals surface area contributed by atoms with Gasteiger partial charge in [-0.15, -0.1) is 0 Å². The number of carbonyl (C=O) groups is 1. The lowest BCUT2D eigenvalue weighted by Gasteiger charge is -2.27. The Bertz CT molecular complexity index is 891. The molecular weight excluding hydrogens is 440 g/mol. The van der Waals surface area contributed by atoms with E-state index in [1.807, 2.05) is 10.6 Å². The summed E-state index contributed by atoms with van der Waals surface area (Å²) in [6, 6.07) is 1.14. The summed E-state index contributed by atoms with van der Waals surface area (Å²) >= 11 is 3.60. The van der Waals surface area contributed by atoms with Gasteiger partial charge in [-0.25, -0.2) is 14.8 Å². The van der Waals surface area contributed by atoms with Gasteiger partial charge in [0.2, 0.25) is 0 Å². The number of nitrogens with zero attached hydrogens (tertiary/aromatic N) is 4. The molecule has 2 aromatic heterocycles. The third kappa shape index (κ3) is 4.82. The van der Waals surface area contributed by atoms with E-state index in [0.29, 0.717) is 31.8 Å². The van der Waals surface area contributed by atoms with Crippen LogP contribution in [0.1, 0.15) is 6.42 Å². The highest BCUT2D eigenvalue weighted by atomic mass is 79.9. The number of anilines is 1. The quantitative estimate of drug-likeness (QED) is 0.351. The van der Waals surface area contributed by atoms with Crippen LogP contribution in [-0.4, -0.2) is 55.4 Å². The SMILES string of the molecule is COC(=O)C1=CCN(c2ncc(Br)c3c2ncn3COCC[Si](C)(C)C)CC1. The van der Waals surface area contributed by atoms with Crippen molar-refractivity contribution in [3.05, 3.63) is 28.6 Å². The van der Waals surface area contributed by atoms with Crippen LogP contribution >= 0.6 is 15.9 Å². The zero-order chi connectivity index (χ0) is 20.3. The van der Waals surface area contributed by atoms with Crippen molar-refractivity contribution in [2.45, 2.75) is 38.8 Å². The van der Waals surface area contributed by atoms with Crippen LogP contribution in [0.3, 0.4) is 0 Å². The molecule has 0 atom stereocenters. The summed E-state index contributed by atoms with van der Waals surface area (Å²) in [6.45, 7) is 9.56. The average Bonchev–Trinajstić information content (AvgIpc) is 3.09. The number of halogens is 1. The Hall–Kier alpha value is -1.71. The molecule has 0 spiro atoms. The first-order chi connectivity index (χ1) is 13.3. The van der Waals surface area contributed by atoms with E-state index >= 15 is 0 Å². The van der Waals surface area contributed by atoms with E-state index in [2.05, 4.69) is 50.4 Å². The summed E-state index contributed by atoms with van der Waals surface area (Å²) in [5.41, 5.74) is 2.52. The number of pyridine rings is 1. The molecule has 0 aliphatic carbocycles. The Morgan fingerprint density at radius 3 is 2.75 bits per heavy atom. The average molecular weight is 467 g/mol. The van der Waals surface area contributed by atoms with Crippen LogP contribution in [0.2, 0.25) is 25.7 Å². The Balaban J connectivity index is 1.77. The molecule has 0 radical (unpaired) electrons. The molecule has 152 valence electrons. The lowest BCUT2D eigenvalue weighted by atomic mass is 10.1. The maximum Gasteiger partial charge on any atom is 0.333 e. The molecule has 0 unspecified atom stereocenters. The van der Waals surface area contributed by atoms with E-state index in [1.54, 1.807) is 12.5 Å². The Morgan fingerprint density at radius 1 is 1.32 bits per heavy atom. The summed E-state index contributed by atoms with van der Waals surface area (Å²) in [5, 5.41) is 0. The molecule has 1 aliphatic heterocycles. The van der Waals surface area contributed by atoms with Gasteiger partial charge >= 0.3 is 5.97 Å². The Morgan fingerprint density at radius 2 is 2.11 bits per heavy atom. The van der Waals surface area contributed by atoms with Gasteiger partial charge in [0.1, 0.15) is 12.2 Å². The van der Waals surface area contributed by atoms with Crippen LogP contribution in [0.5, 0.6) is 0 Å². The van der Waals surface area contributed by atoms with E-state index in [0.717, 1.165) is 34.0 Å². The number of methoxy groups -OCH3 is 1. The number of hydrogen-bond acceptors (Lipinski definition) is 6. The van der Waals surface area contributed by atoms with Gasteiger partial charge in [-0.3, -0.25) is 0 Å². The summed E-state index contributed by atoms with van der Waals surface area (Å²) in [7, 11) is 0.304. The van der Waals surface area contributed by atoms with Gasteiger partial charge in [-0.05, 0) is 28.4 Å². The second kappa shape index (κ2) is 8.75. The van der Waals surface area contributed by atoms with Gasteiger partial charge in [0, 0.05) is 39.5 Å². The van der Waals surface area contributed by atoms with E-state index in [4.69, 9.17) is 9.47 Å². The molecule has 3 rings (SSSR count). The molecular formula is C19H27BrN4O3Si. The van der Waals surface area contributed by atoms with E-state index in [9.17, 15) is 4.79 Å². The summed E-state index contributed by atoms with van der Waals surface area (Å²) in [6.07, 6.45) is 6.14. The highest BCUT2D eigenvalue weighted by Crippen LogP contribution is 2.31. The lowest BCUT2D eigenvalue weighted by Crippen LogP contribution is -2.31. The van der Waals surface area contributed by atoms with Crippen molar-refractivity contribution >= 4 is 46.8 Å². The number of aromatic nitrogens is 3. The van der Waals surface area contributed by atoms with Gasteiger partial charge in [0.15, 0.2) is 5.82 Å². The number of ether oxygens (including phenoxy) is 2. The fourth-order valence-electron chi connectivity index (χ4n) is 3.08. The van der Waals surface area contributed by atoms with E-state index in [-0.39, 0.29) is 5.97 Å². The summed E-state index contributed by atoms with van der Waals surface area (Å²) in [4.78, 5) is 23.0. The lowest BCUT2D eigenvalue weighted by molar-refractivity contribution is -0.136. The third-order valence-electron chi connectivity index (χ3n) is 4.76. The van der Waals surface area contributed by atoms with Gasteiger partial charge in [-0.2, -0.15) is 0 Å². The van der Waals surface area contributed by atoms with Crippen molar-refractivity contribution in [1.29, 1.82) is 0 Å². The summed E-state index contributed by atoms with van der Waals surface area (Å²) < 4.78 is 13.6. The monoisotopic (exact) mass is 466 g/mol. The molecule has 28 heavy (non-hydrogen) atoms. The second-order valence-corrected chi connectivity index (χ2v) is 14.6. The third-order valence-corrected chi connectivity index (χ3v) is 7.04. The minimum Gasteiger partial charge on any atom is -0.466 e. The first kappa shape index (κ1) is 21.0. The van der Waals surface area contributed by atoms with E-state index < -0.39 is 8.07 Å². The largest absolute Gasteiger partial charge is 0.466 e. The molecule has 7 nitrogen and oxygen atoms in total. The summed E-state index contributed by atoms with van der Waals surface area (Å²) in [5.74, 6) is 0.563. The van der Waals surface area contributed by atoms with Crippen LogP contribution in [0.15, 0.2) is 28.6 Å². The zero-order valence-corrected chi connectivity index (χ0v) is 19.5. The molecule has 0 amide bonds. The topological polar surface area (TPSA) is 69.5 Å². The van der Waals surface area contributed by atoms with Crippen LogP contribution in [0.4, 0.5) is 5.82 Å². The number of fused-ring (bicyclic) bond motifs is 1. The molecule has 0 saturated heterocycles. The number of carbonyl (C=O) groups excluding carboxylic acids is 1. The number of hydrogen-bond donors (Lipinski definition) is 0. The highest BCUT2D eigenvalue weighted by Gasteiger charge is 2.22. The van der Waals surface area contributed by atoms with E-state index in [1.165, 1.54) is 7.11 Å². The van der Waals surface area contributed by atoms with Crippen molar-refractivity contribution in [3.63, 3.8) is 0 Å². The smallest absolute Gasteiger partial charge is 0.333 e. The van der Waals surface area contributed by atoms with Crippen LogP contribution in [0, 0.1) is 0 Å². The van der Waals surface area contributed by atoms with Crippen molar-refractivity contribution < 1.29 is 14.3 Å². The molecule has 1 aliphatic rings. The normalized spacial score (nSPS) is 15.0. The van der Waals surface area contributed by atoms with Crippen molar-refractivity contribution in [2.24, 2.45) is 0 Å². The first-order valence-corrected chi connectivity index (χ1v) is 13.9. The maximum atomic E-state index is 11.7. The first-order valence-electron chi connectivity index (χ1n) is 9.39. The molecule has 9 heteroatoms. The molecule has 0 aromatic carbocycles. The number of rotatable bonds is 7. The van der Waals surface area contributed by atoms with Crippen LogP contribution < -0.4 is 4.90 Å². The van der Waals surface area contributed by atoms with Crippen LogP contribution in [0.25, 0.3) is 11.0 Å². The Kier molecular flexibility index (Phi) is 6.56. The predicted molar refractivity (Wildman–Crippen MR) is 116 cm³/mol. The van der Waals surface area contributed by atoms with Crippen LogP contribution in [-0.2, 0) is 21.0 Å². The number of imidazole rings is 1. The standard InChI is InChI=1S/C19H27BrN4O3Si/c1-26-19(25)14-5-7-23(8-6-14)18-16-17(15(20)11-21-18)24(12-22-16)13-27-9-10-28(2,3)4/h5,11-12H,6-10,13H2,1-4H3.